The summed E-state index contributed by atoms with van der Waals surface area (Å²) >= 11 is 19.8. The van der Waals surface area contributed by atoms with Crippen molar-refractivity contribution in [3.63, 3.8) is 0 Å². The minimum atomic E-state index is -0.822. The zero-order valence-corrected chi connectivity index (χ0v) is 27.9. The van der Waals surface area contributed by atoms with E-state index in [4.69, 9.17) is 53.8 Å². The highest BCUT2D eigenvalue weighted by molar-refractivity contribution is 7.07. The number of allylic oxidation sites excluding steroid dienone is 1. The third kappa shape index (κ3) is 6.92. The Labute approximate surface area is 278 Å². The van der Waals surface area contributed by atoms with Crippen molar-refractivity contribution >= 4 is 58.2 Å². The SMILES string of the molecule is CCOC(=O)C1=C(C)N=c2s/c(=C\c3cc(Cl)ccc3OCc3ccc(Cl)c(Cl)c3)c(=O)n2[C@H]1c1ccc(OC)c(OCC)c1. The van der Waals surface area contributed by atoms with Gasteiger partial charge in [-0.05, 0) is 80.4 Å². The average Bonchev–Trinajstić information content (AvgIpc) is 3.31. The van der Waals surface area contributed by atoms with Gasteiger partial charge in [-0.2, -0.15) is 0 Å². The van der Waals surface area contributed by atoms with Crippen molar-refractivity contribution in [2.24, 2.45) is 4.99 Å². The van der Waals surface area contributed by atoms with Gasteiger partial charge in [0.1, 0.15) is 12.4 Å². The van der Waals surface area contributed by atoms with E-state index in [1.54, 1.807) is 75.6 Å². The number of benzene rings is 3. The number of aromatic nitrogens is 1. The second kappa shape index (κ2) is 14.1. The number of carbonyl (C=O) groups is 1. The Morgan fingerprint density at radius 1 is 0.956 bits per heavy atom. The largest absolute Gasteiger partial charge is 0.493 e. The molecule has 1 aliphatic rings. The quantitative estimate of drug-likeness (QED) is 0.172. The van der Waals surface area contributed by atoms with E-state index in [0.29, 0.717) is 65.1 Å². The van der Waals surface area contributed by atoms with Crippen LogP contribution in [0, 0.1) is 0 Å². The number of ether oxygens (including phenoxy) is 4. The van der Waals surface area contributed by atoms with Crippen LogP contribution in [0.25, 0.3) is 6.08 Å². The van der Waals surface area contributed by atoms with E-state index >= 15 is 0 Å². The first-order valence-corrected chi connectivity index (χ1v) is 16.0. The summed E-state index contributed by atoms with van der Waals surface area (Å²) < 4.78 is 24.7. The van der Waals surface area contributed by atoms with Gasteiger partial charge in [-0.25, -0.2) is 9.79 Å². The summed E-state index contributed by atoms with van der Waals surface area (Å²) in [4.78, 5) is 32.5. The lowest BCUT2D eigenvalue weighted by molar-refractivity contribution is -0.139. The van der Waals surface area contributed by atoms with Crippen molar-refractivity contribution in [1.29, 1.82) is 0 Å². The van der Waals surface area contributed by atoms with Crippen molar-refractivity contribution in [2.45, 2.75) is 33.4 Å². The number of nitrogens with zero attached hydrogens (tertiary/aromatic N) is 2. The zero-order chi connectivity index (χ0) is 32.2. The van der Waals surface area contributed by atoms with Gasteiger partial charge in [-0.3, -0.25) is 9.36 Å². The second-order valence-electron chi connectivity index (χ2n) is 9.86. The Hall–Kier alpha value is -3.76. The van der Waals surface area contributed by atoms with Crippen LogP contribution < -0.4 is 29.1 Å². The van der Waals surface area contributed by atoms with Crippen molar-refractivity contribution in [2.75, 3.05) is 20.3 Å². The molecule has 0 spiro atoms. The van der Waals surface area contributed by atoms with Crippen LogP contribution in [0.15, 0.2) is 75.7 Å². The molecule has 0 fully saturated rings. The molecule has 45 heavy (non-hydrogen) atoms. The average molecular weight is 688 g/mol. The molecule has 1 atom stereocenters. The highest BCUT2D eigenvalue weighted by Crippen LogP contribution is 2.36. The maximum absolute atomic E-state index is 14.2. The number of hydrogen-bond donors (Lipinski definition) is 0. The maximum atomic E-state index is 14.2. The Morgan fingerprint density at radius 3 is 2.44 bits per heavy atom. The van der Waals surface area contributed by atoms with Crippen LogP contribution in [0.2, 0.25) is 15.1 Å². The van der Waals surface area contributed by atoms with Crippen LogP contribution in [0.4, 0.5) is 0 Å². The fourth-order valence-corrected chi connectivity index (χ4v) is 6.47. The molecule has 1 aliphatic heterocycles. The van der Waals surface area contributed by atoms with E-state index in [2.05, 4.69) is 4.99 Å². The molecule has 0 saturated heterocycles. The van der Waals surface area contributed by atoms with Crippen LogP contribution in [0.1, 0.15) is 43.5 Å². The Kier molecular flexibility index (Phi) is 10.2. The molecular formula is C33H29Cl3N2O6S. The van der Waals surface area contributed by atoms with Crippen molar-refractivity contribution in [3.8, 4) is 17.2 Å². The summed E-state index contributed by atoms with van der Waals surface area (Å²) in [6, 6.07) is 14.9. The Balaban J connectivity index is 1.63. The molecule has 0 aliphatic carbocycles. The molecule has 234 valence electrons. The fourth-order valence-electron chi connectivity index (χ4n) is 4.93. The predicted molar refractivity (Wildman–Crippen MR) is 177 cm³/mol. The molecule has 0 N–H and O–H groups in total. The summed E-state index contributed by atoms with van der Waals surface area (Å²) in [7, 11) is 1.55. The third-order valence-electron chi connectivity index (χ3n) is 6.96. The smallest absolute Gasteiger partial charge is 0.338 e. The molecule has 0 amide bonds. The van der Waals surface area contributed by atoms with Gasteiger partial charge in [0.15, 0.2) is 16.3 Å². The molecule has 0 saturated carbocycles. The lowest BCUT2D eigenvalue weighted by atomic mass is 9.95. The minimum Gasteiger partial charge on any atom is -0.493 e. The molecule has 1 aromatic heterocycles. The molecule has 3 aromatic carbocycles. The monoisotopic (exact) mass is 686 g/mol. The summed E-state index contributed by atoms with van der Waals surface area (Å²) in [6.45, 7) is 6.10. The first kappa shape index (κ1) is 32.6. The van der Waals surface area contributed by atoms with E-state index in [9.17, 15) is 9.59 Å². The van der Waals surface area contributed by atoms with Gasteiger partial charge in [0.25, 0.3) is 5.56 Å². The number of rotatable bonds is 10. The Morgan fingerprint density at radius 2 is 1.73 bits per heavy atom. The van der Waals surface area contributed by atoms with Gasteiger partial charge < -0.3 is 18.9 Å². The fraction of sp³-hybridized carbons (Fsp3) is 0.242. The van der Waals surface area contributed by atoms with Gasteiger partial charge in [-0.1, -0.05) is 58.3 Å². The normalized spacial score (nSPS) is 14.6. The lowest BCUT2D eigenvalue weighted by Gasteiger charge is -2.25. The van der Waals surface area contributed by atoms with Crippen LogP contribution in [-0.2, 0) is 16.1 Å². The van der Waals surface area contributed by atoms with E-state index < -0.39 is 12.0 Å². The number of halogens is 3. The lowest BCUT2D eigenvalue weighted by Crippen LogP contribution is -2.40. The zero-order valence-electron chi connectivity index (χ0n) is 24.9. The van der Waals surface area contributed by atoms with Crippen LogP contribution in [0.3, 0.4) is 0 Å². The van der Waals surface area contributed by atoms with Gasteiger partial charge in [-0.15, -0.1) is 0 Å². The number of carbonyl (C=O) groups excluding carboxylic acids is 1. The predicted octanol–water partition coefficient (Wildman–Crippen LogP) is 6.74. The topological polar surface area (TPSA) is 88.4 Å². The van der Waals surface area contributed by atoms with E-state index in [1.165, 1.54) is 15.9 Å². The van der Waals surface area contributed by atoms with E-state index in [1.807, 2.05) is 13.0 Å². The van der Waals surface area contributed by atoms with Crippen molar-refractivity contribution in [1.82, 2.24) is 4.57 Å². The molecule has 12 heteroatoms. The molecule has 2 heterocycles. The van der Waals surface area contributed by atoms with Crippen LogP contribution >= 0.6 is 46.1 Å². The molecule has 0 unspecified atom stereocenters. The molecule has 4 aromatic rings. The van der Waals surface area contributed by atoms with Crippen LogP contribution in [-0.4, -0.2) is 30.9 Å². The van der Waals surface area contributed by atoms with Crippen molar-refractivity contribution < 1.29 is 23.7 Å². The van der Waals surface area contributed by atoms with Gasteiger partial charge >= 0.3 is 5.97 Å². The first-order chi connectivity index (χ1) is 21.6. The highest BCUT2D eigenvalue weighted by Gasteiger charge is 2.34. The molecular weight excluding hydrogens is 659 g/mol. The molecule has 0 bridgehead atoms. The van der Waals surface area contributed by atoms with Gasteiger partial charge in [0.2, 0.25) is 0 Å². The van der Waals surface area contributed by atoms with E-state index in [-0.39, 0.29) is 24.3 Å². The number of methoxy groups -OCH3 is 1. The number of fused-ring (bicyclic) bond motifs is 1. The number of esters is 1. The number of hydrogen-bond acceptors (Lipinski definition) is 8. The number of thiazole rings is 1. The summed E-state index contributed by atoms with van der Waals surface area (Å²) in [5.41, 5.74) is 2.41. The second-order valence-corrected chi connectivity index (χ2v) is 12.1. The first-order valence-electron chi connectivity index (χ1n) is 14.0. The van der Waals surface area contributed by atoms with Gasteiger partial charge in [0.05, 0.1) is 52.2 Å². The minimum absolute atomic E-state index is 0.166. The third-order valence-corrected chi connectivity index (χ3v) is 8.91. The highest BCUT2D eigenvalue weighted by atomic mass is 35.5. The van der Waals surface area contributed by atoms with Gasteiger partial charge in [0, 0.05) is 10.6 Å². The van der Waals surface area contributed by atoms with E-state index in [0.717, 1.165) is 5.56 Å². The molecule has 0 radical (unpaired) electrons. The van der Waals surface area contributed by atoms with Crippen LogP contribution in [0.5, 0.6) is 17.2 Å². The molecule has 5 rings (SSSR count). The summed E-state index contributed by atoms with van der Waals surface area (Å²) in [6.07, 6.45) is 1.71. The summed E-state index contributed by atoms with van der Waals surface area (Å²) in [5.74, 6) is 0.966. The Bertz CT molecular complexity index is 1980. The maximum Gasteiger partial charge on any atom is 0.338 e. The van der Waals surface area contributed by atoms with Crippen molar-refractivity contribution in [3.05, 3.63) is 117 Å². The summed E-state index contributed by atoms with van der Waals surface area (Å²) in [5, 5.41) is 1.34. The molecule has 8 nitrogen and oxygen atoms in total. The standard InChI is InChI=1S/C33H29Cl3N2O6S/c1-5-42-27-15-20(8-11-26(27)41-4)30-29(32(40)43-6-2)18(3)37-33-38(30)31(39)28(45-33)16-21-14-22(34)9-12-25(21)44-17-19-7-10-23(35)24(36)13-19/h7-16,30H,5-6,17H2,1-4H3/b28-16-/t30-/m0/s1.